The molecular formula is C12H19N3O3. The summed E-state index contributed by atoms with van der Waals surface area (Å²) in [5.74, 6) is -0.778. The van der Waals surface area contributed by atoms with Crippen LogP contribution in [0.2, 0.25) is 0 Å². The summed E-state index contributed by atoms with van der Waals surface area (Å²) in [5.41, 5.74) is 0. The Balaban J connectivity index is 1.76. The number of amides is 3. The minimum atomic E-state index is -0.557. The molecule has 2 atom stereocenters. The molecule has 2 aliphatic heterocycles. The number of nitrogens with one attached hydrogen (secondary N) is 3. The molecule has 2 fully saturated rings. The molecule has 100 valence electrons. The lowest BCUT2D eigenvalue weighted by Gasteiger charge is -2.25. The van der Waals surface area contributed by atoms with Crippen LogP contribution in [0.15, 0.2) is 0 Å². The van der Waals surface area contributed by atoms with Crippen molar-refractivity contribution < 1.29 is 14.4 Å². The van der Waals surface area contributed by atoms with E-state index in [1.54, 1.807) is 0 Å². The lowest BCUT2D eigenvalue weighted by molar-refractivity contribution is -0.137. The van der Waals surface area contributed by atoms with Crippen molar-refractivity contribution in [2.75, 3.05) is 6.54 Å². The Bertz CT molecular complexity index is 350. The van der Waals surface area contributed by atoms with Crippen LogP contribution in [0.1, 0.15) is 38.5 Å². The standard InChI is InChI=1S/C12H19N3O3/c16-10-5-4-9(12(18)15-10)14-11(17)7-8-3-1-2-6-13-8/h8-9,13H,1-7H2,(H,14,17)(H,15,16,18). The molecule has 2 saturated heterocycles. The highest BCUT2D eigenvalue weighted by Gasteiger charge is 2.28. The van der Waals surface area contributed by atoms with Gasteiger partial charge >= 0.3 is 0 Å². The van der Waals surface area contributed by atoms with Crippen molar-refractivity contribution in [2.45, 2.75) is 50.6 Å². The van der Waals surface area contributed by atoms with Gasteiger partial charge in [0.15, 0.2) is 0 Å². The highest BCUT2D eigenvalue weighted by molar-refractivity contribution is 6.01. The van der Waals surface area contributed by atoms with Crippen molar-refractivity contribution in [3.63, 3.8) is 0 Å². The van der Waals surface area contributed by atoms with Gasteiger partial charge in [-0.3, -0.25) is 19.7 Å². The third-order valence-corrected chi connectivity index (χ3v) is 3.42. The molecule has 0 spiro atoms. The van der Waals surface area contributed by atoms with Crippen molar-refractivity contribution >= 4 is 17.7 Å². The molecule has 0 aliphatic carbocycles. The topological polar surface area (TPSA) is 87.3 Å². The lowest BCUT2D eigenvalue weighted by atomic mass is 10.0. The third kappa shape index (κ3) is 3.53. The summed E-state index contributed by atoms with van der Waals surface area (Å²) in [6.07, 6.45) is 4.39. The predicted molar refractivity (Wildman–Crippen MR) is 64.6 cm³/mol. The van der Waals surface area contributed by atoms with E-state index < -0.39 is 11.9 Å². The second kappa shape index (κ2) is 5.95. The lowest BCUT2D eigenvalue weighted by Crippen LogP contribution is -2.53. The average Bonchev–Trinajstić information content (AvgIpc) is 2.34. The number of piperidine rings is 2. The maximum atomic E-state index is 11.8. The molecule has 18 heavy (non-hydrogen) atoms. The van der Waals surface area contributed by atoms with E-state index in [1.807, 2.05) is 0 Å². The van der Waals surface area contributed by atoms with Crippen LogP contribution >= 0.6 is 0 Å². The zero-order valence-electron chi connectivity index (χ0n) is 10.3. The number of hydrogen-bond acceptors (Lipinski definition) is 4. The van der Waals surface area contributed by atoms with Gasteiger partial charge in [0.05, 0.1) is 0 Å². The van der Waals surface area contributed by atoms with Crippen LogP contribution in [-0.4, -0.2) is 36.3 Å². The summed E-state index contributed by atoms with van der Waals surface area (Å²) in [6.45, 7) is 0.955. The van der Waals surface area contributed by atoms with Gasteiger partial charge in [0, 0.05) is 18.9 Å². The second-order valence-corrected chi connectivity index (χ2v) is 4.92. The van der Waals surface area contributed by atoms with Crippen molar-refractivity contribution in [3.8, 4) is 0 Å². The Hall–Kier alpha value is -1.43. The first kappa shape index (κ1) is 13.0. The van der Waals surface area contributed by atoms with E-state index in [9.17, 15) is 14.4 Å². The normalized spacial score (nSPS) is 28.7. The third-order valence-electron chi connectivity index (χ3n) is 3.42. The Labute approximate surface area is 106 Å². The van der Waals surface area contributed by atoms with Gasteiger partial charge in [-0.15, -0.1) is 0 Å². The van der Waals surface area contributed by atoms with E-state index in [4.69, 9.17) is 0 Å². The van der Waals surface area contributed by atoms with Crippen molar-refractivity contribution in [2.24, 2.45) is 0 Å². The summed E-state index contributed by atoms with van der Waals surface area (Å²) in [5, 5.41) is 8.21. The Kier molecular flexibility index (Phi) is 4.30. The molecule has 2 heterocycles. The summed E-state index contributed by atoms with van der Waals surface area (Å²) in [6, 6.07) is -0.342. The average molecular weight is 253 g/mol. The molecule has 2 unspecified atom stereocenters. The molecule has 0 saturated carbocycles. The van der Waals surface area contributed by atoms with Crippen molar-refractivity contribution in [3.05, 3.63) is 0 Å². The molecule has 6 heteroatoms. The van der Waals surface area contributed by atoms with Crippen molar-refractivity contribution in [1.82, 2.24) is 16.0 Å². The number of carbonyl (C=O) groups excluding carboxylic acids is 3. The van der Waals surface area contributed by atoms with E-state index in [0.29, 0.717) is 19.3 Å². The number of imide groups is 1. The maximum absolute atomic E-state index is 11.8. The van der Waals surface area contributed by atoms with E-state index in [2.05, 4.69) is 16.0 Å². The predicted octanol–water partition coefficient (Wildman–Crippen LogP) is -0.560. The Morgan fingerprint density at radius 1 is 1.28 bits per heavy atom. The number of carbonyl (C=O) groups is 3. The van der Waals surface area contributed by atoms with E-state index >= 15 is 0 Å². The van der Waals surface area contributed by atoms with Crippen LogP contribution in [0.5, 0.6) is 0 Å². The van der Waals surface area contributed by atoms with Gasteiger partial charge < -0.3 is 10.6 Å². The maximum Gasteiger partial charge on any atom is 0.249 e. The molecular weight excluding hydrogens is 234 g/mol. The van der Waals surface area contributed by atoms with Gasteiger partial charge in [0.1, 0.15) is 6.04 Å². The summed E-state index contributed by atoms with van der Waals surface area (Å²) >= 11 is 0. The summed E-state index contributed by atoms with van der Waals surface area (Å²) in [7, 11) is 0. The summed E-state index contributed by atoms with van der Waals surface area (Å²) in [4.78, 5) is 34.2. The highest BCUT2D eigenvalue weighted by atomic mass is 16.2. The molecule has 0 aromatic heterocycles. The summed E-state index contributed by atoms with van der Waals surface area (Å²) < 4.78 is 0. The van der Waals surface area contributed by atoms with E-state index in [1.165, 1.54) is 0 Å². The highest BCUT2D eigenvalue weighted by Crippen LogP contribution is 2.11. The van der Waals surface area contributed by atoms with Gasteiger partial charge in [-0.05, 0) is 25.8 Å². The van der Waals surface area contributed by atoms with E-state index in [0.717, 1.165) is 25.8 Å². The van der Waals surface area contributed by atoms with Gasteiger partial charge in [-0.1, -0.05) is 6.42 Å². The fourth-order valence-corrected chi connectivity index (χ4v) is 2.41. The first-order valence-electron chi connectivity index (χ1n) is 6.51. The first-order valence-corrected chi connectivity index (χ1v) is 6.51. The molecule has 2 aliphatic rings. The van der Waals surface area contributed by atoms with Gasteiger partial charge in [-0.25, -0.2) is 0 Å². The van der Waals surface area contributed by atoms with Crippen LogP contribution in [0.25, 0.3) is 0 Å². The molecule has 6 nitrogen and oxygen atoms in total. The smallest absolute Gasteiger partial charge is 0.249 e. The molecule has 0 aromatic carbocycles. The van der Waals surface area contributed by atoms with Crippen LogP contribution in [0.3, 0.4) is 0 Å². The zero-order valence-corrected chi connectivity index (χ0v) is 10.3. The van der Waals surface area contributed by atoms with Crippen LogP contribution in [0, 0.1) is 0 Å². The fourth-order valence-electron chi connectivity index (χ4n) is 2.41. The van der Waals surface area contributed by atoms with Crippen molar-refractivity contribution in [1.29, 1.82) is 0 Å². The molecule has 0 bridgehead atoms. The zero-order chi connectivity index (χ0) is 13.0. The van der Waals surface area contributed by atoms with Gasteiger partial charge in [0.25, 0.3) is 0 Å². The van der Waals surface area contributed by atoms with Crippen LogP contribution in [0.4, 0.5) is 0 Å². The quantitative estimate of drug-likeness (QED) is 0.588. The second-order valence-electron chi connectivity index (χ2n) is 4.92. The van der Waals surface area contributed by atoms with Crippen LogP contribution in [-0.2, 0) is 14.4 Å². The molecule has 2 rings (SSSR count). The molecule has 0 radical (unpaired) electrons. The van der Waals surface area contributed by atoms with Crippen LogP contribution < -0.4 is 16.0 Å². The number of hydrogen-bond donors (Lipinski definition) is 3. The largest absolute Gasteiger partial charge is 0.344 e. The molecule has 0 aromatic rings. The monoisotopic (exact) mass is 253 g/mol. The minimum Gasteiger partial charge on any atom is -0.344 e. The van der Waals surface area contributed by atoms with E-state index in [-0.39, 0.29) is 17.9 Å². The Morgan fingerprint density at radius 2 is 2.11 bits per heavy atom. The molecule has 3 N–H and O–H groups in total. The van der Waals surface area contributed by atoms with Gasteiger partial charge in [-0.2, -0.15) is 0 Å². The first-order chi connectivity index (χ1) is 8.65. The van der Waals surface area contributed by atoms with Gasteiger partial charge in [0.2, 0.25) is 17.7 Å². The minimum absolute atomic E-state index is 0.121. The Morgan fingerprint density at radius 3 is 2.78 bits per heavy atom. The fraction of sp³-hybridized carbons (Fsp3) is 0.750. The molecule has 3 amide bonds. The number of rotatable bonds is 3. The SMILES string of the molecule is O=C1CCC(NC(=O)CC2CCCCN2)C(=O)N1.